The van der Waals surface area contributed by atoms with Gasteiger partial charge in [-0.3, -0.25) is 19.8 Å². The second kappa shape index (κ2) is 7.84. The van der Waals surface area contributed by atoms with Crippen molar-refractivity contribution in [3.05, 3.63) is 0 Å². The number of rotatable bonds is 5. The number of hydrogen-bond donors (Lipinski definition) is 3. The summed E-state index contributed by atoms with van der Waals surface area (Å²) in [5.41, 5.74) is 0. The Morgan fingerprint density at radius 3 is 2.60 bits per heavy atom. The van der Waals surface area contributed by atoms with Crippen molar-refractivity contribution >= 4 is 17.9 Å². The average molecular weight is 285 g/mol. The summed E-state index contributed by atoms with van der Waals surface area (Å²) in [5.74, 6) is -1.09. The third-order valence-electron chi connectivity index (χ3n) is 3.17. The van der Waals surface area contributed by atoms with E-state index in [9.17, 15) is 14.4 Å². The number of nitrogens with zero attached hydrogens (tertiary/aromatic N) is 1. The molecule has 7 nitrogen and oxygen atoms in total. The fourth-order valence-electron chi connectivity index (χ4n) is 2.15. The first-order chi connectivity index (χ1) is 9.40. The number of carboxylic acid groups (broad SMARTS) is 1. The van der Waals surface area contributed by atoms with E-state index in [0.717, 1.165) is 12.8 Å². The van der Waals surface area contributed by atoms with Crippen molar-refractivity contribution in [1.29, 1.82) is 0 Å². The molecule has 0 aromatic heterocycles. The van der Waals surface area contributed by atoms with E-state index in [4.69, 9.17) is 5.11 Å². The van der Waals surface area contributed by atoms with Crippen LogP contribution in [-0.4, -0.2) is 53.6 Å². The minimum Gasteiger partial charge on any atom is -0.480 e. The zero-order chi connectivity index (χ0) is 15.1. The second-order valence-corrected chi connectivity index (χ2v) is 5.47. The van der Waals surface area contributed by atoms with Crippen molar-refractivity contribution in [3.63, 3.8) is 0 Å². The fourth-order valence-corrected chi connectivity index (χ4v) is 2.15. The smallest absolute Gasteiger partial charge is 0.321 e. The Balaban J connectivity index is 2.40. The van der Waals surface area contributed by atoms with E-state index < -0.39 is 23.9 Å². The molecule has 0 aliphatic carbocycles. The third kappa shape index (κ3) is 5.56. The van der Waals surface area contributed by atoms with Gasteiger partial charge in [0, 0.05) is 6.54 Å². The second-order valence-electron chi connectivity index (χ2n) is 5.47. The lowest BCUT2D eigenvalue weighted by Gasteiger charge is -2.31. The monoisotopic (exact) mass is 285 g/mol. The van der Waals surface area contributed by atoms with Crippen LogP contribution in [0.5, 0.6) is 0 Å². The first-order valence-corrected chi connectivity index (χ1v) is 6.94. The molecule has 3 amide bonds. The van der Waals surface area contributed by atoms with Crippen LogP contribution in [0.1, 0.15) is 33.1 Å². The zero-order valence-corrected chi connectivity index (χ0v) is 12.0. The predicted octanol–water partition coefficient (Wildman–Crippen LogP) is 0.407. The normalized spacial score (nSPS) is 19.6. The lowest BCUT2D eigenvalue weighted by atomic mass is 10.0. The van der Waals surface area contributed by atoms with Crippen LogP contribution < -0.4 is 10.6 Å². The largest absolute Gasteiger partial charge is 0.480 e. The van der Waals surface area contributed by atoms with Crippen LogP contribution in [0.4, 0.5) is 4.79 Å². The Morgan fingerprint density at radius 1 is 1.30 bits per heavy atom. The van der Waals surface area contributed by atoms with E-state index in [0.29, 0.717) is 25.4 Å². The van der Waals surface area contributed by atoms with E-state index in [2.05, 4.69) is 10.6 Å². The molecule has 7 heteroatoms. The maximum Gasteiger partial charge on any atom is 0.321 e. The molecular weight excluding hydrogens is 262 g/mol. The zero-order valence-electron chi connectivity index (χ0n) is 12.0. The third-order valence-corrected chi connectivity index (χ3v) is 3.17. The summed E-state index contributed by atoms with van der Waals surface area (Å²) >= 11 is 0. The van der Waals surface area contributed by atoms with Gasteiger partial charge in [-0.05, 0) is 25.3 Å². The highest BCUT2D eigenvalue weighted by Crippen LogP contribution is 2.16. The Bertz CT molecular complexity index is 371. The van der Waals surface area contributed by atoms with Gasteiger partial charge in [-0.25, -0.2) is 4.79 Å². The molecule has 0 aromatic rings. The first kappa shape index (κ1) is 16.4. The molecule has 1 aliphatic rings. The van der Waals surface area contributed by atoms with Crippen molar-refractivity contribution < 1.29 is 19.5 Å². The number of amides is 3. The minimum absolute atomic E-state index is 0.0634. The van der Waals surface area contributed by atoms with Crippen molar-refractivity contribution in [3.8, 4) is 0 Å². The van der Waals surface area contributed by atoms with Crippen LogP contribution in [0, 0.1) is 5.92 Å². The molecule has 0 radical (unpaired) electrons. The summed E-state index contributed by atoms with van der Waals surface area (Å²) in [6.45, 7) is 4.89. The molecule has 1 rings (SSSR count). The topological polar surface area (TPSA) is 98.7 Å². The SMILES string of the molecule is CC(C)CNC(=O)NC(=O)CN1CCCCC1C(=O)O. The molecular formula is C13H23N3O4. The average Bonchev–Trinajstić information content (AvgIpc) is 2.36. The van der Waals surface area contributed by atoms with Crippen molar-refractivity contribution in [2.24, 2.45) is 5.92 Å². The van der Waals surface area contributed by atoms with E-state index in [1.165, 1.54) is 0 Å². The van der Waals surface area contributed by atoms with Crippen LogP contribution in [0.3, 0.4) is 0 Å². The molecule has 3 N–H and O–H groups in total. The number of piperidine rings is 1. The standard InChI is InChI=1S/C13H23N3O4/c1-9(2)7-14-13(20)15-11(17)8-16-6-4-3-5-10(16)12(18)19/h9-10H,3-8H2,1-2H3,(H,18,19)(H2,14,15,17,20). The number of carbonyl (C=O) groups is 3. The molecule has 0 aromatic carbocycles. The van der Waals surface area contributed by atoms with Crippen LogP contribution >= 0.6 is 0 Å². The molecule has 114 valence electrons. The molecule has 1 heterocycles. The van der Waals surface area contributed by atoms with Gasteiger partial charge in [0.25, 0.3) is 0 Å². The molecule has 1 atom stereocenters. The van der Waals surface area contributed by atoms with E-state index in [1.54, 1.807) is 4.90 Å². The van der Waals surface area contributed by atoms with Gasteiger partial charge in [-0.1, -0.05) is 20.3 Å². The molecule has 0 bridgehead atoms. The van der Waals surface area contributed by atoms with Gasteiger partial charge in [0.15, 0.2) is 0 Å². The van der Waals surface area contributed by atoms with Gasteiger partial charge >= 0.3 is 12.0 Å². The lowest BCUT2D eigenvalue weighted by Crippen LogP contribution is -2.51. The van der Waals surface area contributed by atoms with Crippen molar-refractivity contribution in [2.75, 3.05) is 19.6 Å². The molecule has 20 heavy (non-hydrogen) atoms. The fraction of sp³-hybridized carbons (Fsp3) is 0.769. The number of likely N-dealkylation sites (tertiary alicyclic amines) is 1. The van der Waals surface area contributed by atoms with Crippen molar-refractivity contribution in [2.45, 2.75) is 39.2 Å². The number of aliphatic carboxylic acids is 1. The van der Waals surface area contributed by atoms with E-state index in [1.807, 2.05) is 13.8 Å². The van der Waals surface area contributed by atoms with Gasteiger partial charge in [0.2, 0.25) is 5.91 Å². The lowest BCUT2D eigenvalue weighted by molar-refractivity contribution is -0.145. The Labute approximate surface area is 118 Å². The maximum absolute atomic E-state index is 11.7. The highest BCUT2D eigenvalue weighted by Gasteiger charge is 2.29. The van der Waals surface area contributed by atoms with Gasteiger partial charge in [0.05, 0.1) is 6.54 Å². The number of imide groups is 1. The van der Waals surface area contributed by atoms with Gasteiger partial charge in [0.1, 0.15) is 6.04 Å². The minimum atomic E-state index is -0.915. The number of carbonyl (C=O) groups excluding carboxylic acids is 2. The first-order valence-electron chi connectivity index (χ1n) is 6.94. The number of hydrogen-bond acceptors (Lipinski definition) is 4. The highest BCUT2D eigenvalue weighted by molar-refractivity contribution is 5.95. The van der Waals surface area contributed by atoms with Crippen LogP contribution in [0.25, 0.3) is 0 Å². The molecule has 0 spiro atoms. The summed E-state index contributed by atoms with van der Waals surface area (Å²) in [6, 6.07) is -1.17. The summed E-state index contributed by atoms with van der Waals surface area (Å²) < 4.78 is 0. The molecule has 1 fully saturated rings. The van der Waals surface area contributed by atoms with Gasteiger partial charge < -0.3 is 10.4 Å². The molecule has 1 unspecified atom stereocenters. The summed E-state index contributed by atoms with van der Waals surface area (Å²) in [6.07, 6.45) is 2.27. The van der Waals surface area contributed by atoms with E-state index >= 15 is 0 Å². The molecule has 1 saturated heterocycles. The van der Waals surface area contributed by atoms with Crippen LogP contribution in [-0.2, 0) is 9.59 Å². The predicted molar refractivity (Wildman–Crippen MR) is 73.2 cm³/mol. The summed E-state index contributed by atoms with van der Waals surface area (Å²) in [5, 5.41) is 13.9. The number of carboxylic acids is 1. The number of urea groups is 1. The molecule has 1 aliphatic heterocycles. The Morgan fingerprint density at radius 2 is 2.00 bits per heavy atom. The Hall–Kier alpha value is -1.63. The summed E-state index contributed by atoms with van der Waals surface area (Å²) in [7, 11) is 0. The summed E-state index contributed by atoms with van der Waals surface area (Å²) in [4.78, 5) is 35.9. The molecule has 0 saturated carbocycles. The quantitative estimate of drug-likeness (QED) is 0.679. The van der Waals surface area contributed by atoms with Crippen molar-refractivity contribution in [1.82, 2.24) is 15.5 Å². The van der Waals surface area contributed by atoms with E-state index in [-0.39, 0.29) is 6.54 Å². The van der Waals surface area contributed by atoms with Crippen LogP contribution in [0.15, 0.2) is 0 Å². The van der Waals surface area contributed by atoms with Gasteiger partial charge in [-0.15, -0.1) is 0 Å². The van der Waals surface area contributed by atoms with Gasteiger partial charge in [-0.2, -0.15) is 0 Å². The Kier molecular flexibility index (Phi) is 6.44. The van der Waals surface area contributed by atoms with Crippen LogP contribution in [0.2, 0.25) is 0 Å². The number of nitrogens with one attached hydrogen (secondary N) is 2. The maximum atomic E-state index is 11.7. The highest BCUT2D eigenvalue weighted by atomic mass is 16.4.